The van der Waals surface area contributed by atoms with E-state index in [4.69, 9.17) is 35.1 Å². The van der Waals surface area contributed by atoms with Crippen molar-refractivity contribution >= 4 is 40.1 Å². The lowest BCUT2D eigenvalue weighted by atomic mass is 10.2. The number of rotatable bonds is 8. The minimum absolute atomic E-state index is 0.0861. The number of hydrogen-bond acceptors (Lipinski definition) is 10. The summed E-state index contributed by atoms with van der Waals surface area (Å²) in [5.74, 6) is 0.792. The predicted molar refractivity (Wildman–Crippen MR) is 144 cm³/mol. The van der Waals surface area contributed by atoms with E-state index in [0.29, 0.717) is 27.8 Å². The molecule has 1 aliphatic rings. The van der Waals surface area contributed by atoms with Crippen molar-refractivity contribution in [2.75, 3.05) is 25.6 Å². The molecule has 2 aromatic carbocycles. The van der Waals surface area contributed by atoms with Gasteiger partial charge in [-0.25, -0.2) is 9.48 Å². The fourth-order valence-electron chi connectivity index (χ4n) is 4.27. The summed E-state index contributed by atoms with van der Waals surface area (Å²) in [5.41, 5.74) is 1.52. The Bertz CT molecular complexity index is 1470. The van der Waals surface area contributed by atoms with E-state index in [9.17, 15) is 4.79 Å². The van der Waals surface area contributed by atoms with Crippen molar-refractivity contribution in [1.29, 1.82) is 0 Å². The van der Waals surface area contributed by atoms with Gasteiger partial charge in [-0.2, -0.15) is 10.1 Å². The molecule has 1 unspecified atom stereocenters. The van der Waals surface area contributed by atoms with E-state index in [2.05, 4.69) is 20.6 Å². The molecule has 11 nitrogen and oxygen atoms in total. The SMILES string of the molecule is COc1cc(-c2nc(Nc3ccc4c(cnn4C4CCCCO4)c3Cl)no2)ccc1OCC(=O)OC(C)(C)C. The van der Waals surface area contributed by atoms with Gasteiger partial charge in [-0.15, -0.1) is 0 Å². The molecule has 1 saturated heterocycles. The number of hydrogen-bond donors (Lipinski definition) is 1. The Kier molecular flexibility index (Phi) is 7.62. The Morgan fingerprint density at radius 2 is 2.05 bits per heavy atom. The molecule has 0 radical (unpaired) electrons. The number of carbonyl (C=O) groups excluding carboxylic acids is 1. The van der Waals surface area contributed by atoms with Crippen molar-refractivity contribution in [1.82, 2.24) is 19.9 Å². The van der Waals surface area contributed by atoms with Crippen molar-refractivity contribution < 1.29 is 28.3 Å². The largest absolute Gasteiger partial charge is 0.493 e. The zero-order chi connectivity index (χ0) is 27.6. The van der Waals surface area contributed by atoms with Crippen LogP contribution in [0.4, 0.5) is 11.6 Å². The molecule has 0 saturated carbocycles. The molecule has 39 heavy (non-hydrogen) atoms. The minimum atomic E-state index is -0.597. The molecule has 0 spiro atoms. The number of benzene rings is 2. The first-order chi connectivity index (χ1) is 18.7. The van der Waals surface area contributed by atoms with Crippen molar-refractivity contribution in [3.8, 4) is 23.0 Å². The van der Waals surface area contributed by atoms with Crippen LogP contribution in [0.15, 0.2) is 41.1 Å². The summed E-state index contributed by atoms with van der Waals surface area (Å²) in [6.07, 6.45) is 4.74. The van der Waals surface area contributed by atoms with Crippen LogP contribution in [0.3, 0.4) is 0 Å². The molecule has 0 bridgehead atoms. The first kappa shape index (κ1) is 26.8. The van der Waals surface area contributed by atoms with Crippen LogP contribution in [-0.2, 0) is 14.3 Å². The topological polar surface area (TPSA) is 123 Å². The van der Waals surface area contributed by atoms with Crippen molar-refractivity contribution in [3.05, 3.63) is 41.6 Å². The first-order valence-electron chi connectivity index (χ1n) is 12.6. The summed E-state index contributed by atoms with van der Waals surface area (Å²) in [4.78, 5) is 16.4. The zero-order valence-electron chi connectivity index (χ0n) is 22.2. The van der Waals surface area contributed by atoms with Crippen LogP contribution < -0.4 is 14.8 Å². The van der Waals surface area contributed by atoms with Gasteiger partial charge in [-0.3, -0.25) is 0 Å². The second-order valence-electron chi connectivity index (χ2n) is 10.1. The van der Waals surface area contributed by atoms with Crippen LogP contribution in [0.5, 0.6) is 11.5 Å². The van der Waals surface area contributed by atoms with E-state index in [1.165, 1.54) is 7.11 Å². The molecule has 206 valence electrons. The summed E-state index contributed by atoms with van der Waals surface area (Å²) < 4.78 is 29.5. The molecule has 1 aliphatic heterocycles. The Balaban J connectivity index is 1.29. The summed E-state index contributed by atoms with van der Waals surface area (Å²) in [7, 11) is 1.50. The molecule has 1 N–H and O–H groups in total. The van der Waals surface area contributed by atoms with Gasteiger partial charge in [0.15, 0.2) is 24.3 Å². The summed E-state index contributed by atoms with van der Waals surface area (Å²) in [6, 6.07) is 8.86. The summed E-state index contributed by atoms with van der Waals surface area (Å²) >= 11 is 6.71. The maximum atomic E-state index is 12.0. The van der Waals surface area contributed by atoms with Gasteiger partial charge in [0, 0.05) is 17.6 Å². The second-order valence-corrected chi connectivity index (χ2v) is 10.4. The van der Waals surface area contributed by atoms with Crippen molar-refractivity contribution in [3.63, 3.8) is 0 Å². The second kappa shape index (κ2) is 11.1. The number of nitrogens with zero attached hydrogens (tertiary/aromatic N) is 4. The molecule has 12 heteroatoms. The lowest BCUT2D eigenvalue weighted by Crippen LogP contribution is -2.27. The van der Waals surface area contributed by atoms with Gasteiger partial charge in [-0.05, 0) is 75.5 Å². The summed E-state index contributed by atoms with van der Waals surface area (Å²) in [5, 5.41) is 12.9. The number of anilines is 2. The lowest BCUT2D eigenvalue weighted by Gasteiger charge is -2.23. The maximum Gasteiger partial charge on any atom is 0.344 e. The molecule has 1 atom stereocenters. The number of nitrogens with one attached hydrogen (secondary N) is 1. The number of halogens is 1. The van der Waals surface area contributed by atoms with Gasteiger partial charge in [0.25, 0.3) is 11.8 Å². The molecule has 3 heterocycles. The Morgan fingerprint density at radius 1 is 1.21 bits per heavy atom. The Hall–Kier alpha value is -3.83. The first-order valence-corrected chi connectivity index (χ1v) is 13.0. The van der Waals surface area contributed by atoms with E-state index in [0.717, 1.165) is 36.8 Å². The highest BCUT2D eigenvalue weighted by atomic mass is 35.5. The lowest BCUT2D eigenvalue weighted by molar-refractivity contribution is -0.157. The smallest absolute Gasteiger partial charge is 0.344 e. The standard InChI is InChI=1S/C27H30ClN5O6/c1-27(2,3)38-23(34)15-37-20-11-8-16(13-21(20)35-4)25-31-26(32-39-25)30-18-9-10-19-17(24(18)28)14-29-33(19)22-7-5-6-12-36-22/h8-11,13-14,22H,5-7,12,15H2,1-4H3,(H,30,32). The van der Waals surface area contributed by atoms with Crippen LogP contribution in [0.2, 0.25) is 5.02 Å². The van der Waals surface area contributed by atoms with Gasteiger partial charge < -0.3 is 28.8 Å². The van der Waals surface area contributed by atoms with E-state index in [1.54, 1.807) is 45.2 Å². The molecule has 2 aromatic heterocycles. The van der Waals surface area contributed by atoms with Crippen LogP contribution in [0.25, 0.3) is 22.4 Å². The molecule has 1 fully saturated rings. The van der Waals surface area contributed by atoms with Crippen molar-refractivity contribution in [2.45, 2.75) is 51.9 Å². The molecule has 0 aliphatic carbocycles. The Labute approximate surface area is 230 Å². The average Bonchev–Trinajstić information content (AvgIpc) is 3.56. The highest BCUT2D eigenvalue weighted by Crippen LogP contribution is 2.36. The number of carbonyl (C=O) groups is 1. The molecule has 4 aromatic rings. The van der Waals surface area contributed by atoms with E-state index >= 15 is 0 Å². The summed E-state index contributed by atoms with van der Waals surface area (Å²) in [6.45, 7) is 5.86. The normalized spacial score (nSPS) is 15.8. The van der Waals surface area contributed by atoms with Gasteiger partial charge in [0.05, 0.1) is 29.5 Å². The fraction of sp³-hybridized carbons (Fsp3) is 0.407. The highest BCUT2D eigenvalue weighted by molar-refractivity contribution is 6.38. The highest BCUT2D eigenvalue weighted by Gasteiger charge is 2.21. The molecular weight excluding hydrogens is 526 g/mol. The molecule has 5 rings (SSSR count). The van der Waals surface area contributed by atoms with Gasteiger partial charge in [0.1, 0.15) is 5.60 Å². The quantitative estimate of drug-likeness (QED) is 0.262. The minimum Gasteiger partial charge on any atom is -0.493 e. The maximum absolute atomic E-state index is 12.0. The van der Waals surface area contributed by atoms with Crippen LogP contribution in [0.1, 0.15) is 46.3 Å². The van der Waals surface area contributed by atoms with E-state index in [1.807, 2.05) is 16.8 Å². The number of esters is 1. The van der Waals surface area contributed by atoms with Gasteiger partial charge in [-0.1, -0.05) is 11.6 Å². The van der Waals surface area contributed by atoms with Gasteiger partial charge in [0.2, 0.25) is 0 Å². The fourth-order valence-corrected chi connectivity index (χ4v) is 4.53. The van der Waals surface area contributed by atoms with Gasteiger partial charge >= 0.3 is 5.97 Å². The zero-order valence-corrected chi connectivity index (χ0v) is 22.9. The predicted octanol–water partition coefficient (Wildman–Crippen LogP) is 5.91. The monoisotopic (exact) mass is 555 g/mol. The van der Waals surface area contributed by atoms with E-state index in [-0.39, 0.29) is 24.7 Å². The van der Waals surface area contributed by atoms with Crippen LogP contribution >= 0.6 is 11.6 Å². The third kappa shape index (κ3) is 6.10. The number of aromatic nitrogens is 4. The number of ether oxygens (including phenoxy) is 4. The Morgan fingerprint density at radius 3 is 2.79 bits per heavy atom. The van der Waals surface area contributed by atoms with Crippen LogP contribution in [0, 0.1) is 0 Å². The third-order valence-corrected chi connectivity index (χ3v) is 6.40. The van der Waals surface area contributed by atoms with E-state index < -0.39 is 11.6 Å². The molecular formula is C27H30ClN5O6. The van der Waals surface area contributed by atoms with Crippen LogP contribution in [-0.4, -0.2) is 51.8 Å². The average molecular weight is 556 g/mol. The molecule has 0 amide bonds. The van der Waals surface area contributed by atoms with Crippen molar-refractivity contribution in [2.24, 2.45) is 0 Å². The number of methoxy groups -OCH3 is 1. The third-order valence-electron chi connectivity index (χ3n) is 5.99. The number of fused-ring (bicyclic) bond motifs is 1.